The van der Waals surface area contributed by atoms with Crippen molar-refractivity contribution >= 4 is 5.91 Å². The van der Waals surface area contributed by atoms with Crippen molar-refractivity contribution in [2.45, 2.75) is 33.1 Å². The maximum atomic E-state index is 11.9. The average Bonchev–Trinajstić information content (AvgIpc) is 2.27. The molecule has 0 atom stereocenters. The highest BCUT2D eigenvalue weighted by Crippen LogP contribution is 2.26. The lowest BCUT2D eigenvalue weighted by molar-refractivity contribution is -0.126. The van der Waals surface area contributed by atoms with Crippen LogP contribution >= 0.6 is 0 Å². The zero-order chi connectivity index (χ0) is 14.0. The molecular weight excluding hydrogens is 236 g/mol. The number of carbonyl (C=O) groups is 1. The molecule has 1 saturated heterocycles. The lowest BCUT2D eigenvalue weighted by Gasteiger charge is -2.31. The van der Waals surface area contributed by atoms with Crippen molar-refractivity contribution in [3.8, 4) is 0 Å². The van der Waals surface area contributed by atoms with Gasteiger partial charge in [0.2, 0.25) is 5.91 Å². The highest BCUT2D eigenvalue weighted by molar-refractivity contribution is 5.80. The Hall–Kier alpha value is -1.35. The van der Waals surface area contributed by atoms with Crippen molar-refractivity contribution in [2.75, 3.05) is 19.6 Å². The molecule has 1 aliphatic rings. The molecule has 3 nitrogen and oxygen atoms in total. The average molecular weight is 260 g/mol. The van der Waals surface area contributed by atoms with Gasteiger partial charge in [0, 0.05) is 25.0 Å². The van der Waals surface area contributed by atoms with Gasteiger partial charge in [0.05, 0.1) is 5.92 Å². The van der Waals surface area contributed by atoms with Crippen LogP contribution in [0.3, 0.4) is 0 Å². The summed E-state index contributed by atoms with van der Waals surface area (Å²) in [5, 5.41) is 6.22. The van der Waals surface area contributed by atoms with E-state index in [9.17, 15) is 4.79 Å². The van der Waals surface area contributed by atoms with Gasteiger partial charge in [-0.15, -0.1) is 0 Å². The minimum Gasteiger partial charge on any atom is -0.355 e. The van der Waals surface area contributed by atoms with E-state index in [0.717, 1.165) is 13.1 Å². The largest absolute Gasteiger partial charge is 0.355 e. The van der Waals surface area contributed by atoms with E-state index >= 15 is 0 Å². The van der Waals surface area contributed by atoms with Crippen LogP contribution in [-0.4, -0.2) is 25.5 Å². The molecule has 1 fully saturated rings. The van der Waals surface area contributed by atoms with Crippen LogP contribution in [0.25, 0.3) is 0 Å². The van der Waals surface area contributed by atoms with Crippen LogP contribution in [0.2, 0.25) is 0 Å². The third-order valence-corrected chi connectivity index (χ3v) is 3.98. The molecule has 0 saturated carbocycles. The highest BCUT2D eigenvalue weighted by Gasteiger charge is 2.28. The van der Waals surface area contributed by atoms with E-state index in [2.05, 4.69) is 56.5 Å². The molecule has 104 valence electrons. The van der Waals surface area contributed by atoms with Crippen molar-refractivity contribution in [2.24, 2.45) is 5.92 Å². The number of carbonyl (C=O) groups excluding carboxylic acids is 1. The molecule has 19 heavy (non-hydrogen) atoms. The van der Waals surface area contributed by atoms with Crippen LogP contribution in [0.5, 0.6) is 0 Å². The number of hydrogen-bond acceptors (Lipinski definition) is 2. The molecule has 1 aliphatic heterocycles. The van der Waals surface area contributed by atoms with Gasteiger partial charge in [-0.3, -0.25) is 4.79 Å². The first-order chi connectivity index (χ1) is 8.90. The number of aryl methyl sites for hydroxylation is 2. The monoisotopic (exact) mass is 260 g/mol. The fraction of sp³-hybridized carbons (Fsp3) is 0.562. The fourth-order valence-corrected chi connectivity index (χ4v) is 2.49. The Morgan fingerprint density at radius 2 is 2.05 bits per heavy atom. The number of nitrogens with one attached hydrogen (secondary N) is 2. The van der Waals surface area contributed by atoms with Crippen molar-refractivity contribution in [1.29, 1.82) is 0 Å². The van der Waals surface area contributed by atoms with Gasteiger partial charge in [0.15, 0.2) is 0 Å². The molecule has 1 amide bonds. The van der Waals surface area contributed by atoms with Gasteiger partial charge >= 0.3 is 0 Å². The second kappa shape index (κ2) is 5.33. The summed E-state index contributed by atoms with van der Waals surface area (Å²) in [6.07, 6.45) is 0. The van der Waals surface area contributed by atoms with E-state index in [-0.39, 0.29) is 17.2 Å². The first kappa shape index (κ1) is 14.1. The maximum absolute atomic E-state index is 11.9. The summed E-state index contributed by atoms with van der Waals surface area (Å²) >= 11 is 0. The Kier molecular flexibility index (Phi) is 3.95. The Labute approximate surface area is 115 Å². The van der Waals surface area contributed by atoms with Crippen LogP contribution in [-0.2, 0) is 10.2 Å². The number of hydrogen-bond donors (Lipinski definition) is 2. The Morgan fingerprint density at radius 3 is 2.63 bits per heavy atom. The Morgan fingerprint density at radius 1 is 1.37 bits per heavy atom. The van der Waals surface area contributed by atoms with Gasteiger partial charge in [-0.1, -0.05) is 37.6 Å². The third kappa shape index (κ3) is 3.16. The lowest BCUT2D eigenvalue weighted by atomic mass is 9.81. The predicted molar refractivity (Wildman–Crippen MR) is 78.3 cm³/mol. The van der Waals surface area contributed by atoms with E-state index < -0.39 is 0 Å². The normalized spacial score (nSPS) is 16.0. The summed E-state index contributed by atoms with van der Waals surface area (Å²) in [6, 6.07) is 6.52. The fourth-order valence-electron chi connectivity index (χ4n) is 2.49. The van der Waals surface area contributed by atoms with Crippen molar-refractivity contribution in [1.82, 2.24) is 10.6 Å². The molecule has 1 aromatic carbocycles. The van der Waals surface area contributed by atoms with Crippen LogP contribution in [0.4, 0.5) is 0 Å². The molecule has 0 spiro atoms. The summed E-state index contributed by atoms with van der Waals surface area (Å²) in [4.78, 5) is 11.9. The lowest BCUT2D eigenvalue weighted by Crippen LogP contribution is -2.52. The van der Waals surface area contributed by atoms with Crippen LogP contribution < -0.4 is 10.6 Å². The van der Waals surface area contributed by atoms with E-state index in [1.165, 1.54) is 16.7 Å². The number of benzene rings is 1. The van der Waals surface area contributed by atoms with Gasteiger partial charge in [0.1, 0.15) is 0 Å². The molecule has 0 bridgehead atoms. The highest BCUT2D eigenvalue weighted by atomic mass is 16.2. The molecule has 0 aliphatic carbocycles. The summed E-state index contributed by atoms with van der Waals surface area (Å²) in [6.45, 7) is 10.9. The number of rotatable bonds is 4. The van der Waals surface area contributed by atoms with Crippen molar-refractivity contribution in [3.05, 3.63) is 34.9 Å². The number of amides is 1. The zero-order valence-electron chi connectivity index (χ0n) is 12.3. The molecule has 0 radical (unpaired) electrons. The van der Waals surface area contributed by atoms with E-state index in [4.69, 9.17) is 0 Å². The van der Waals surface area contributed by atoms with Gasteiger partial charge in [-0.05, 0) is 25.0 Å². The molecule has 3 heteroatoms. The van der Waals surface area contributed by atoms with Gasteiger partial charge in [-0.2, -0.15) is 0 Å². The minimum absolute atomic E-state index is 0.0388. The van der Waals surface area contributed by atoms with Crippen LogP contribution in [0.1, 0.15) is 30.5 Å². The molecule has 1 aromatic rings. The van der Waals surface area contributed by atoms with Gasteiger partial charge in [0.25, 0.3) is 0 Å². The molecule has 1 heterocycles. The predicted octanol–water partition coefficient (Wildman–Crippen LogP) is 1.92. The molecule has 0 unspecified atom stereocenters. The van der Waals surface area contributed by atoms with Crippen molar-refractivity contribution in [3.63, 3.8) is 0 Å². The topological polar surface area (TPSA) is 41.1 Å². The second-order valence-corrected chi connectivity index (χ2v) is 6.28. The summed E-state index contributed by atoms with van der Waals surface area (Å²) in [7, 11) is 0. The first-order valence-corrected chi connectivity index (χ1v) is 6.96. The summed E-state index contributed by atoms with van der Waals surface area (Å²) < 4.78 is 0. The third-order valence-electron chi connectivity index (χ3n) is 3.98. The van der Waals surface area contributed by atoms with Crippen LogP contribution in [0.15, 0.2) is 18.2 Å². The molecule has 0 aromatic heterocycles. The van der Waals surface area contributed by atoms with Crippen molar-refractivity contribution < 1.29 is 4.79 Å². The smallest absolute Gasteiger partial charge is 0.225 e. The SMILES string of the molecule is Cc1ccc(C)c(C(C)(C)CNC(=O)C2CNC2)c1. The Bertz CT molecular complexity index is 476. The molecular formula is C16H24N2O. The zero-order valence-corrected chi connectivity index (χ0v) is 12.3. The minimum atomic E-state index is -0.0388. The molecule has 2 N–H and O–H groups in total. The maximum Gasteiger partial charge on any atom is 0.225 e. The van der Waals surface area contributed by atoms with Crippen LogP contribution in [0, 0.1) is 19.8 Å². The summed E-state index contributed by atoms with van der Waals surface area (Å²) in [5.74, 6) is 0.339. The van der Waals surface area contributed by atoms with Gasteiger partial charge < -0.3 is 10.6 Å². The van der Waals surface area contributed by atoms with E-state index in [0.29, 0.717) is 6.54 Å². The Balaban J connectivity index is 2.04. The quantitative estimate of drug-likeness (QED) is 0.868. The second-order valence-electron chi connectivity index (χ2n) is 6.28. The summed E-state index contributed by atoms with van der Waals surface area (Å²) in [5.41, 5.74) is 3.83. The first-order valence-electron chi connectivity index (χ1n) is 6.96. The molecule has 2 rings (SSSR count). The van der Waals surface area contributed by atoms with E-state index in [1.807, 2.05) is 0 Å². The van der Waals surface area contributed by atoms with Gasteiger partial charge in [-0.25, -0.2) is 0 Å². The standard InChI is InChI=1S/C16H24N2O/c1-11-5-6-12(2)14(7-11)16(3,4)10-18-15(19)13-8-17-9-13/h5-7,13,17H,8-10H2,1-4H3,(H,18,19). The van der Waals surface area contributed by atoms with E-state index in [1.54, 1.807) is 0 Å².